The smallest absolute Gasteiger partial charge is 0.402 e. The molecule has 0 aliphatic carbocycles. The first-order chi connectivity index (χ1) is 42.5. The molecule has 16 aromatic rings. The highest BCUT2D eigenvalue weighted by molar-refractivity contribution is 14.1. The number of fused-ring (bicyclic) bond motifs is 12. The molecule has 0 radical (unpaired) electrons. The first-order valence-electron chi connectivity index (χ1n) is 29.1. The molecule has 1 aliphatic heterocycles. The number of benzene rings is 12. The van der Waals surface area contributed by atoms with Gasteiger partial charge in [0.15, 0.2) is 0 Å². The van der Waals surface area contributed by atoms with Crippen LogP contribution >= 0.6 is 77.1 Å². The molecule has 0 saturated carbocycles. The summed E-state index contributed by atoms with van der Waals surface area (Å²) in [6, 6.07) is 96.3. The Morgan fingerprint density at radius 2 is 0.793 bits per heavy atom. The van der Waals surface area contributed by atoms with E-state index in [1.807, 2.05) is 40.9 Å². The molecule has 1 atom stereocenters. The highest BCUT2D eigenvalue weighted by atomic mass is 127. The van der Waals surface area contributed by atoms with Crippen LogP contribution in [0.5, 0.6) is 0 Å². The van der Waals surface area contributed by atoms with Gasteiger partial charge in [-0.25, -0.2) is 0 Å². The predicted octanol–water partition coefficient (Wildman–Crippen LogP) is 23.0. The van der Waals surface area contributed by atoms with Gasteiger partial charge in [-0.15, -0.1) is 22.7 Å². The third kappa shape index (κ3) is 10.4. The molecule has 0 N–H and O–H groups in total. The van der Waals surface area contributed by atoms with Gasteiger partial charge >= 0.3 is 7.12 Å². The van der Waals surface area contributed by atoms with E-state index in [2.05, 4.69) is 333 Å². The van der Waals surface area contributed by atoms with Crippen LogP contribution in [0.1, 0.15) is 20.8 Å². The van der Waals surface area contributed by atoms with Crippen LogP contribution in [0.2, 0.25) is 0 Å². The Morgan fingerprint density at radius 1 is 0.391 bits per heavy atom. The van der Waals surface area contributed by atoms with E-state index in [1.165, 1.54) is 126 Å². The highest BCUT2D eigenvalue weighted by Gasteiger charge is 2.44. The average molecular weight is 1400 g/mol. The molecule has 0 spiro atoms. The third-order valence-corrected chi connectivity index (χ3v) is 22.4. The molecule has 87 heavy (non-hydrogen) atoms. The molecule has 1 aliphatic rings. The predicted molar refractivity (Wildman–Crippen MR) is 389 cm³/mol. The second-order valence-corrected chi connectivity index (χ2v) is 27.7. The summed E-state index contributed by atoms with van der Waals surface area (Å²) in [4.78, 5) is 0. The van der Waals surface area contributed by atoms with Crippen molar-refractivity contribution in [3.05, 3.63) is 279 Å². The fourth-order valence-corrected chi connectivity index (χ4v) is 15.6. The summed E-state index contributed by atoms with van der Waals surface area (Å²) in [5.74, 6) is 0. The number of hydrogen-bond donors (Lipinski definition) is 0. The van der Waals surface area contributed by atoms with Crippen LogP contribution in [0, 0.1) is 3.57 Å². The lowest BCUT2D eigenvalue weighted by molar-refractivity contribution is 0.0842. The van der Waals surface area contributed by atoms with E-state index in [0.29, 0.717) is 0 Å². The van der Waals surface area contributed by atoms with Gasteiger partial charge in [0.2, 0.25) is 0 Å². The maximum atomic E-state index is 6.32. The van der Waals surface area contributed by atoms with Crippen molar-refractivity contribution in [3.63, 3.8) is 0 Å². The molecule has 10 heteroatoms. The number of aromatic nitrogens is 2. The quantitative estimate of drug-likeness (QED) is 0.123. The monoisotopic (exact) mass is 1400 g/mol. The Labute approximate surface area is 543 Å². The summed E-state index contributed by atoms with van der Waals surface area (Å²) in [6.07, 6.45) is 0.0217. The third-order valence-electron chi connectivity index (χ3n) is 17.0. The number of hydrogen-bond acceptors (Lipinski definition) is 4. The molecular weight excluding hydrogens is 1350 g/mol. The van der Waals surface area contributed by atoms with Crippen molar-refractivity contribution in [2.45, 2.75) is 32.5 Å². The molecule has 0 amide bonds. The fourth-order valence-electron chi connectivity index (χ4n) is 12.3. The molecule has 420 valence electrons. The molecule has 1 saturated heterocycles. The molecule has 17 rings (SSSR count). The number of nitrogens with zero attached hydrogens (tertiary/aromatic N) is 2. The summed E-state index contributed by atoms with van der Waals surface area (Å²) in [6.45, 7) is 6.27. The van der Waals surface area contributed by atoms with E-state index in [-0.39, 0.29) is 18.8 Å². The minimum Gasteiger partial charge on any atom is -0.402 e. The lowest BCUT2D eigenvalue weighted by Gasteiger charge is -2.21. The summed E-state index contributed by atoms with van der Waals surface area (Å²) >= 11 is 13.1. The van der Waals surface area contributed by atoms with Gasteiger partial charge in [-0.1, -0.05) is 180 Å². The van der Waals surface area contributed by atoms with Gasteiger partial charge in [0, 0.05) is 85.8 Å². The van der Waals surface area contributed by atoms with Crippen molar-refractivity contribution < 1.29 is 9.31 Å². The van der Waals surface area contributed by atoms with E-state index >= 15 is 0 Å². The van der Waals surface area contributed by atoms with Gasteiger partial charge in [-0.3, -0.25) is 0 Å². The zero-order valence-electron chi connectivity index (χ0n) is 47.7. The number of rotatable bonds is 6. The molecule has 5 heterocycles. The van der Waals surface area contributed by atoms with E-state index in [4.69, 9.17) is 9.31 Å². The van der Waals surface area contributed by atoms with Crippen molar-refractivity contribution in [2.24, 2.45) is 0 Å². The number of halogens is 3. The lowest BCUT2D eigenvalue weighted by Crippen LogP contribution is -2.34. The molecule has 12 aromatic carbocycles. The zero-order chi connectivity index (χ0) is 58.9. The number of thiophene rings is 2. The van der Waals surface area contributed by atoms with Crippen molar-refractivity contribution in [1.82, 2.24) is 9.13 Å². The molecule has 4 nitrogen and oxygen atoms in total. The summed E-state index contributed by atoms with van der Waals surface area (Å²) in [5.41, 5.74) is 15.1. The molecule has 1 unspecified atom stereocenters. The summed E-state index contributed by atoms with van der Waals surface area (Å²) in [7, 11) is -0.376. The minimum atomic E-state index is -0.376. The normalized spacial score (nSPS) is 14.0. The van der Waals surface area contributed by atoms with Gasteiger partial charge in [0.1, 0.15) is 0 Å². The average Bonchev–Trinajstić information content (AvgIpc) is 1.68. The minimum absolute atomic E-state index is 0.0217. The second-order valence-electron chi connectivity index (χ2n) is 22.7. The molecule has 0 bridgehead atoms. The fraction of sp³-hybridized carbons (Fsp3) is 0.0649. The van der Waals surface area contributed by atoms with Crippen molar-refractivity contribution in [2.75, 3.05) is 0 Å². The van der Waals surface area contributed by atoms with Crippen LogP contribution in [0.25, 0.3) is 129 Å². The van der Waals surface area contributed by atoms with E-state index in [0.717, 1.165) is 21.1 Å². The van der Waals surface area contributed by atoms with Crippen molar-refractivity contribution in [1.29, 1.82) is 0 Å². The van der Waals surface area contributed by atoms with Crippen LogP contribution in [0.15, 0.2) is 276 Å². The van der Waals surface area contributed by atoms with Gasteiger partial charge in [-0.05, 0) is 201 Å². The molecular formula is C77H54BBr2IN2O2S2. The molecule has 4 aromatic heterocycles. The van der Waals surface area contributed by atoms with Gasteiger partial charge in [0.25, 0.3) is 0 Å². The van der Waals surface area contributed by atoms with Crippen LogP contribution in [-0.4, -0.2) is 28.0 Å². The van der Waals surface area contributed by atoms with Gasteiger partial charge < -0.3 is 18.4 Å². The number of para-hydroxylation sites is 2. The van der Waals surface area contributed by atoms with Crippen LogP contribution in [-0.2, 0) is 9.31 Å². The Kier molecular flexibility index (Phi) is 14.9. The van der Waals surface area contributed by atoms with E-state index < -0.39 is 0 Å². The Morgan fingerprint density at radius 3 is 1.28 bits per heavy atom. The van der Waals surface area contributed by atoms with Crippen molar-refractivity contribution >= 4 is 174 Å². The second kappa shape index (κ2) is 23.1. The van der Waals surface area contributed by atoms with E-state index in [9.17, 15) is 0 Å². The first kappa shape index (κ1) is 55.9. The van der Waals surface area contributed by atoms with Crippen LogP contribution in [0.3, 0.4) is 0 Å². The highest BCUT2D eigenvalue weighted by Crippen LogP contribution is 2.43. The summed E-state index contributed by atoms with van der Waals surface area (Å²) < 4.78 is 26.2. The SMILES string of the molecule is Brc1ccccc1-c1ccc2c3ccc(-c4ccc5sc6ccccc6c5c4)cc3n(-c3ccccc3)c2c1.Brc1ccccc1I.CC1OB(c2ccc3c4ccc(-c5ccc6sc7ccccc7c6c5)cc4n(-c4ccccc4)c3c2)OC1(C)C. The first-order valence-corrected chi connectivity index (χ1v) is 33.4. The maximum absolute atomic E-state index is 6.32. The largest absolute Gasteiger partial charge is 0.494 e. The maximum Gasteiger partial charge on any atom is 0.494 e. The van der Waals surface area contributed by atoms with E-state index in [1.54, 1.807) is 0 Å². The van der Waals surface area contributed by atoms with Gasteiger partial charge in [0.05, 0.1) is 33.8 Å². The molecule has 1 fully saturated rings. The Hall–Kier alpha value is -7.65. The summed E-state index contributed by atoms with van der Waals surface area (Å²) in [5, 5.41) is 10.3. The van der Waals surface area contributed by atoms with Crippen molar-refractivity contribution in [3.8, 4) is 44.8 Å². The zero-order valence-corrected chi connectivity index (χ0v) is 54.7. The van der Waals surface area contributed by atoms with Crippen LogP contribution < -0.4 is 5.46 Å². The topological polar surface area (TPSA) is 28.3 Å². The Bertz CT molecular complexity index is 5280. The van der Waals surface area contributed by atoms with Gasteiger partial charge in [-0.2, -0.15) is 0 Å². The lowest BCUT2D eigenvalue weighted by atomic mass is 9.79. The standard InChI is InChI=1S/C36H22BrNS.C35H28BNO2S.C6H4BrI/c37-32-12-6-4-10-27(32)25-15-18-29-28-17-14-24(21-33(28)38(34(29)22-25)26-8-2-1-3-9-26)23-16-19-36-31(20-23)30-11-5-7-13-35(30)39-36;1-22-35(2,3)39-36(38-22)25-15-17-28-27-16-13-24(20-31(27)37(32(28)21-25)26-9-5-4-6-10-26)23-14-18-34-30(19-23)29-11-7-8-12-33(29)40-34;7-5-3-1-2-4-6(5)8/h1-22H;4-22H,1-3H3;1-4H. The Balaban J connectivity index is 0.000000130. The van der Waals surface area contributed by atoms with Crippen LogP contribution in [0.4, 0.5) is 0 Å².